The lowest BCUT2D eigenvalue weighted by Crippen LogP contribution is -2.31. The van der Waals surface area contributed by atoms with Crippen LogP contribution in [0.15, 0.2) is 24.3 Å². The molecule has 0 amide bonds. The third-order valence-corrected chi connectivity index (χ3v) is 6.81. The SMILES string of the molecule is CCC1CCC(C2CCC(c3ccc(C#N)cc3)CC2)C(C)C1. The highest BCUT2D eigenvalue weighted by Gasteiger charge is 2.34. The lowest BCUT2D eigenvalue weighted by atomic mass is 9.64. The van der Waals surface area contributed by atoms with E-state index in [0.717, 1.165) is 35.2 Å². The van der Waals surface area contributed by atoms with E-state index < -0.39 is 0 Å². The first kappa shape index (κ1) is 16.6. The molecule has 124 valence electrons. The first-order chi connectivity index (χ1) is 11.2. The molecular weight excluding hydrogens is 278 g/mol. The van der Waals surface area contributed by atoms with E-state index in [2.05, 4.69) is 32.0 Å². The van der Waals surface area contributed by atoms with E-state index >= 15 is 0 Å². The third-order valence-electron chi connectivity index (χ3n) is 6.81. The Bertz CT molecular complexity index is 530. The molecule has 0 saturated heterocycles. The maximum atomic E-state index is 8.93. The molecule has 0 bridgehead atoms. The van der Waals surface area contributed by atoms with Gasteiger partial charge in [0, 0.05) is 0 Å². The van der Waals surface area contributed by atoms with E-state index in [-0.39, 0.29) is 0 Å². The molecule has 1 nitrogen and oxygen atoms in total. The first-order valence-corrected chi connectivity index (χ1v) is 9.71. The normalized spacial score (nSPS) is 34.7. The summed E-state index contributed by atoms with van der Waals surface area (Å²) in [6, 6.07) is 10.5. The van der Waals surface area contributed by atoms with Crippen LogP contribution in [0, 0.1) is 35.0 Å². The van der Waals surface area contributed by atoms with E-state index in [0.29, 0.717) is 0 Å². The molecule has 3 rings (SSSR count). The molecule has 1 aromatic rings. The molecule has 2 saturated carbocycles. The van der Waals surface area contributed by atoms with Crippen molar-refractivity contribution in [3.8, 4) is 6.07 Å². The largest absolute Gasteiger partial charge is 0.192 e. The molecule has 2 aliphatic rings. The van der Waals surface area contributed by atoms with Crippen molar-refractivity contribution in [2.24, 2.45) is 23.7 Å². The summed E-state index contributed by atoms with van der Waals surface area (Å²) in [5.41, 5.74) is 2.23. The summed E-state index contributed by atoms with van der Waals surface area (Å²) in [5, 5.41) is 8.93. The summed E-state index contributed by atoms with van der Waals surface area (Å²) in [7, 11) is 0. The number of nitriles is 1. The zero-order chi connectivity index (χ0) is 16.2. The van der Waals surface area contributed by atoms with Crippen LogP contribution in [-0.2, 0) is 0 Å². The molecule has 0 spiro atoms. The zero-order valence-corrected chi connectivity index (χ0v) is 14.8. The number of nitrogens with zero attached hydrogens (tertiary/aromatic N) is 1. The van der Waals surface area contributed by atoms with Crippen LogP contribution in [0.4, 0.5) is 0 Å². The van der Waals surface area contributed by atoms with E-state index in [1.165, 1.54) is 56.9 Å². The summed E-state index contributed by atoms with van der Waals surface area (Å²) >= 11 is 0. The van der Waals surface area contributed by atoms with Crippen molar-refractivity contribution in [2.45, 2.75) is 71.1 Å². The summed E-state index contributed by atoms with van der Waals surface area (Å²) < 4.78 is 0. The monoisotopic (exact) mass is 309 g/mol. The van der Waals surface area contributed by atoms with Crippen LogP contribution in [0.5, 0.6) is 0 Å². The zero-order valence-electron chi connectivity index (χ0n) is 14.8. The summed E-state index contributed by atoms with van der Waals surface area (Å²) in [5.74, 6) is 4.61. The smallest absolute Gasteiger partial charge is 0.0991 e. The second kappa shape index (κ2) is 7.52. The Labute approximate surface area is 142 Å². The van der Waals surface area contributed by atoms with Crippen molar-refractivity contribution in [3.63, 3.8) is 0 Å². The van der Waals surface area contributed by atoms with E-state index in [4.69, 9.17) is 5.26 Å². The average molecular weight is 309 g/mol. The molecule has 23 heavy (non-hydrogen) atoms. The van der Waals surface area contributed by atoms with Crippen molar-refractivity contribution in [1.82, 2.24) is 0 Å². The van der Waals surface area contributed by atoms with Crippen LogP contribution >= 0.6 is 0 Å². The fraction of sp³-hybridized carbons (Fsp3) is 0.682. The van der Waals surface area contributed by atoms with Crippen LogP contribution in [0.2, 0.25) is 0 Å². The predicted octanol–water partition coefficient (Wildman–Crippen LogP) is 6.29. The van der Waals surface area contributed by atoms with Gasteiger partial charge in [0.1, 0.15) is 0 Å². The molecule has 2 fully saturated rings. The van der Waals surface area contributed by atoms with E-state index in [1.807, 2.05) is 12.1 Å². The maximum absolute atomic E-state index is 8.93. The van der Waals surface area contributed by atoms with Gasteiger partial charge in [-0.25, -0.2) is 0 Å². The minimum atomic E-state index is 0.723. The van der Waals surface area contributed by atoms with Gasteiger partial charge in [0.15, 0.2) is 0 Å². The Hall–Kier alpha value is -1.29. The number of hydrogen-bond acceptors (Lipinski definition) is 1. The highest BCUT2D eigenvalue weighted by atomic mass is 14.4. The topological polar surface area (TPSA) is 23.8 Å². The molecule has 0 aromatic heterocycles. The Morgan fingerprint density at radius 1 is 1.00 bits per heavy atom. The van der Waals surface area contributed by atoms with Crippen LogP contribution in [0.1, 0.15) is 82.3 Å². The van der Waals surface area contributed by atoms with Gasteiger partial charge in [0.2, 0.25) is 0 Å². The number of benzene rings is 1. The molecule has 0 heterocycles. The highest BCUT2D eigenvalue weighted by molar-refractivity contribution is 5.33. The Morgan fingerprint density at radius 3 is 2.26 bits per heavy atom. The second-order valence-electron chi connectivity index (χ2n) is 8.07. The first-order valence-electron chi connectivity index (χ1n) is 9.71. The van der Waals surface area contributed by atoms with Gasteiger partial charge in [0.05, 0.1) is 11.6 Å². The summed E-state index contributed by atoms with van der Waals surface area (Å²) in [6.45, 7) is 4.87. The molecule has 3 unspecified atom stereocenters. The Morgan fingerprint density at radius 2 is 1.70 bits per heavy atom. The molecule has 0 N–H and O–H groups in total. The lowest BCUT2D eigenvalue weighted by Gasteiger charge is -2.41. The van der Waals surface area contributed by atoms with Gasteiger partial charge >= 0.3 is 0 Å². The van der Waals surface area contributed by atoms with Crippen molar-refractivity contribution < 1.29 is 0 Å². The molecule has 0 aliphatic heterocycles. The Kier molecular flexibility index (Phi) is 5.42. The molecule has 1 aromatic carbocycles. The van der Waals surface area contributed by atoms with Crippen LogP contribution in [0.3, 0.4) is 0 Å². The minimum absolute atomic E-state index is 0.723. The van der Waals surface area contributed by atoms with Crippen molar-refractivity contribution in [1.29, 1.82) is 5.26 Å². The number of hydrogen-bond donors (Lipinski definition) is 0. The van der Waals surface area contributed by atoms with E-state index in [9.17, 15) is 0 Å². The predicted molar refractivity (Wildman–Crippen MR) is 96.1 cm³/mol. The second-order valence-corrected chi connectivity index (χ2v) is 8.07. The van der Waals surface area contributed by atoms with E-state index in [1.54, 1.807) is 0 Å². The quantitative estimate of drug-likeness (QED) is 0.643. The van der Waals surface area contributed by atoms with Gasteiger partial charge in [-0.05, 0) is 85.8 Å². The maximum Gasteiger partial charge on any atom is 0.0991 e. The Balaban J connectivity index is 1.55. The minimum Gasteiger partial charge on any atom is -0.192 e. The van der Waals surface area contributed by atoms with Gasteiger partial charge < -0.3 is 0 Å². The third kappa shape index (κ3) is 3.79. The molecule has 1 heteroatoms. The fourth-order valence-electron chi connectivity index (χ4n) is 5.31. The summed E-state index contributed by atoms with van der Waals surface area (Å²) in [6.07, 6.45) is 11.3. The molecular formula is C22H31N. The van der Waals surface area contributed by atoms with Gasteiger partial charge in [-0.3, -0.25) is 0 Å². The van der Waals surface area contributed by atoms with Gasteiger partial charge in [0.25, 0.3) is 0 Å². The van der Waals surface area contributed by atoms with Crippen molar-refractivity contribution >= 4 is 0 Å². The van der Waals surface area contributed by atoms with Crippen molar-refractivity contribution in [2.75, 3.05) is 0 Å². The van der Waals surface area contributed by atoms with Crippen LogP contribution in [0.25, 0.3) is 0 Å². The lowest BCUT2D eigenvalue weighted by molar-refractivity contribution is 0.104. The fourth-order valence-corrected chi connectivity index (χ4v) is 5.31. The molecule has 3 atom stereocenters. The number of rotatable bonds is 3. The highest BCUT2D eigenvalue weighted by Crippen LogP contribution is 2.46. The van der Waals surface area contributed by atoms with Gasteiger partial charge in [-0.1, -0.05) is 38.8 Å². The average Bonchev–Trinajstić information content (AvgIpc) is 2.62. The summed E-state index contributed by atoms with van der Waals surface area (Å²) in [4.78, 5) is 0. The van der Waals surface area contributed by atoms with Crippen LogP contribution < -0.4 is 0 Å². The van der Waals surface area contributed by atoms with Crippen molar-refractivity contribution in [3.05, 3.63) is 35.4 Å². The van der Waals surface area contributed by atoms with Gasteiger partial charge in [-0.2, -0.15) is 5.26 Å². The van der Waals surface area contributed by atoms with Crippen LogP contribution in [-0.4, -0.2) is 0 Å². The molecule has 0 radical (unpaired) electrons. The molecule has 2 aliphatic carbocycles. The van der Waals surface area contributed by atoms with Gasteiger partial charge in [-0.15, -0.1) is 0 Å². The standard InChI is InChI=1S/C22H31N/c1-3-17-6-13-22(16(2)14-17)21-11-9-20(10-12-21)19-7-4-18(15-23)5-8-19/h4-5,7-8,16-17,20-22H,3,6,9-14H2,1-2H3.